The van der Waals surface area contributed by atoms with E-state index < -0.39 is 17.7 Å². The lowest BCUT2D eigenvalue weighted by atomic mass is 9.94. The summed E-state index contributed by atoms with van der Waals surface area (Å²) in [5.41, 5.74) is 4.66. The van der Waals surface area contributed by atoms with Gasteiger partial charge < -0.3 is 14.6 Å². The van der Waals surface area contributed by atoms with Crippen molar-refractivity contribution in [3.63, 3.8) is 0 Å². The first-order chi connectivity index (χ1) is 16.8. The number of benzene rings is 3. The molecule has 3 aromatic carbocycles. The molecule has 0 aromatic heterocycles. The predicted molar refractivity (Wildman–Crippen MR) is 136 cm³/mol. The van der Waals surface area contributed by atoms with Crippen LogP contribution in [-0.4, -0.2) is 30.5 Å². The quantitative estimate of drug-likeness (QED) is 0.286. The van der Waals surface area contributed by atoms with Gasteiger partial charge in [-0.3, -0.25) is 14.5 Å². The van der Waals surface area contributed by atoms with E-state index in [-0.39, 0.29) is 11.3 Å². The molecule has 1 saturated heterocycles. The Morgan fingerprint density at radius 3 is 2.23 bits per heavy atom. The van der Waals surface area contributed by atoms with Crippen molar-refractivity contribution in [1.29, 1.82) is 0 Å². The van der Waals surface area contributed by atoms with Crippen molar-refractivity contribution in [2.24, 2.45) is 0 Å². The summed E-state index contributed by atoms with van der Waals surface area (Å²) in [5, 5.41) is 11.3. The van der Waals surface area contributed by atoms with E-state index in [1.165, 1.54) is 4.90 Å². The van der Waals surface area contributed by atoms with Gasteiger partial charge in [-0.2, -0.15) is 0 Å². The molecule has 4 rings (SSSR count). The van der Waals surface area contributed by atoms with Crippen LogP contribution < -0.4 is 14.4 Å². The molecular formula is C29H29NO5. The fourth-order valence-electron chi connectivity index (χ4n) is 4.47. The lowest BCUT2D eigenvalue weighted by molar-refractivity contribution is -0.132. The molecule has 6 nitrogen and oxygen atoms in total. The normalized spacial score (nSPS) is 17.1. The molecule has 1 N–H and O–H groups in total. The molecule has 0 spiro atoms. The van der Waals surface area contributed by atoms with Crippen LogP contribution in [0, 0.1) is 20.8 Å². The maximum absolute atomic E-state index is 13.4. The molecule has 1 unspecified atom stereocenters. The number of aryl methyl sites for hydroxylation is 3. The van der Waals surface area contributed by atoms with Crippen molar-refractivity contribution in [2.45, 2.75) is 33.7 Å². The molecule has 0 aliphatic carbocycles. The first kappa shape index (κ1) is 24.1. The predicted octanol–water partition coefficient (Wildman–Crippen LogP) is 5.65. The average molecular weight is 472 g/mol. The molecule has 1 aliphatic rings. The number of aliphatic hydroxyl groups is 1. The number of aliphatic hydroxyl groups excluding tert-OH is 1. The Balaban J connectivity index is 1.98. The highest BCUT2D eigenvalue weighted by Gasteiger charge is 2.47. The van der Waals surface area contributed by atoms with Crippen LogP contribution in [0.1, 0.15) is 40.8 Å². The van der Waals surface area contributed by atoms with Crippen LogP contribution in [0.25, 0.3) is 5.76 Å². The van der Waals surface area contributed by atoms with Crippen LogP contribution in [0.4, 0.5) is 5.69 Å². The number of carbonyl (C=O) groups excluding carboxylic acids is 2. The van der Waals surface area contributed by atoms with Gasteiger partial charge in [0.15, 0.2) is 11.5 Å². The van der Waals surface area contributed by atoms with Crippen molar-refractivity contribution in [2.75, 3.05) is 18.6 Å². The summed E-state index contributed by atoms with van der Waals surface area (Å²) in [4.78, 5) is 28.3. The zero-order chi connectivity index (χ0) is 25.3. The van der Waals surface area contributed by atoms with Crippen LogP contribution in [0.2, 0.25) is 0 Å². The molecule has 35 heavy (non-hydrogen) atoms. The van der Waals surface area contributed by atoms with Crippen LogP contribution in [-0.2, 0) is 9.59 Å². The van der Waals surface area contributed by atoms with Crippen molar-refractivity contribution >= 4 is 23.1 Å². The number of ether oxygens (including phenoxy) is 2. The number of anilines is 1. The van der Waals surface area contributed by atoms with E-state index in [0.29, 0.717) is 34.9 Å². The number of nitrogens with zero attached hydrogens (tertiary/aromatic N) is 1. The molecule has 1 atom stereocenters. The molecule has 180 valence electrons. The van der Waals surface area contributed by atoms with Crippen molar-refractivity contribution in [3.05, 3.63) is 94.1 Å². The van der Waals surface area contributed by atoms with Crippen LogP contribution >= 0.6 is 0 Å². The van der Waals surface area contributed by atoms with E-state index in [4.69, 9.17) is 9.47 Å². The maximum atomic E-state index is 13.4. The third-order valence-electron chi connectivity index (χ3n) is 6.18. The third-order valence-corrected chi connectivity index (χ3v) is 6.18. The number of ketones is 1. The number of hydrogen-bond donors (Lipinski definition) is 1. The van der Waals surface area contributed by atoms with E-state index in [9.17, 15) is 14.7 Å². The Morgan fingerprint density at radius 2 is 1.60 bits per heavy atom. The number of carbonyl (C=O) groups is 2. The monoisotopic (exact) mass is 471 g/mol. The number of methoxy groups -OCH3 is 1. The number of hydrogen-bond acceptors (Lipinski definition) is 5. The SMILES string of the molecule is CCOc1cc(C2/C(=C(\O)c3ccc(C)cc3)C(=O)C(=O)N2c2ccc(C)cc2C)ccc1OC. The Morgan fingerprint density at radius 1 is 0.914 bits per heavy atom. The van der Waals surface area contributed by atoms with Gasteiger partial charge in [0.05, 0.1) is 25.3 Å². The molecule has 3 aromatic rings. The van der Waals surface area contributed by atoms with Gasteiger partial charge in [-0.05, 0) is 57.0 Å². The lowest BCUT2D eigenvalue weighted by Crippen LogP contribution is -2.30. The molecule has 1 heterocycles. The topological polar surface area (TPSA) is 76.1 Å². The Labute approximate surface area is 205 Å². The van der Waals surface area contributed by atoms with E-state index >= 15 is 0 Å². The largest absolute Gasteiger partial charge is 0.507 e. The van der Waals surface area contributed by atoms with Gasteiger partial charge in [0.2, 0.25) is 0 Å². The van der Waals surface area contributed by atoms with Crippen molar-refractivity contribution in [3.8, 4) is 11.5 Å². The molecule has 6 heteroatoms. The highest BCUT2D eigenvalue weighted by atomic mass is 16.5. The first-order valence-corrected chi connectivity index (χ1v) is 11.5. The van der Waals surface area contributed by atoms with E-state index in [0.717, 1.165) is 16.7 Å². The van der Waals surface area contributed by atoms with E-state index in [1.54, 1.807) is 37.4 Å². The smallest absolute Gasteiger partial charge is 0.300 e. The fraction of sp³-hybridized carbons (Fsp3) is 0.241. The van der Waals surface area contributed by atoms with Gasteiger partial charge >= 0.3 is 0 Å². The lowest BCUT2D eigenvalue weighted by Gasteiger charge is -2.27. The summed E-state index contributed by atoms with van der Waals surface area (Å²) >= 11 is 0. The third kappa shape index (κ3) is 4.39. The molecule has 1 fully saturated rings. The number of rotatable bonds is 6. The first-order valence-electron chi connectivity index (χ1n) is 11.5. The molecule has 0 radical (unpaired) electrons. The zero-order valence-electron chi connectivity index (χ0n) is 20.6. The molecular weight excluding hydrogens is 442 g/mol. The summed E-state index contributed by atoms with van der Waals surface area (Å²) < 4.78 is 11.2. The van der Waals surface area contributed by atoms with Gasteiger partial charge in [-0.15, -0.1) is 0 Å². The minimum absolute atomic E-state index is 0.0337. The molecule has 1 amide bonds. The Kier molecular flexibility index (Phi) is 6.65. The fourth-order valence-corrected chi connectivity index (χ4v) is 4.47. The second kappa shape index (κ2) is 9.66. The van der Waals surface area contributed by atoms with Gasteiger partial charge in [0.1, 0.15) is 5.76 Å². The Hall–Kier alpha value is -4.06. The average Bonchev–Trinajstić information content (AvgIpc) is 3.10. The highest BCUT2D eigenvalue weighted by Crippen LogP contribution is 2.45. The number of amides is 1. The summed E-state index contributed by atoms with van der Waals surface area (Å²) in [6, 6.07) is 17.3. The van der Waals surface area contributed by atoms with Crippen LogP contribution in [0.3, 0.4) is 0 Å². The van der Waals surface area contributed by atoms with Crippen LogP contribution in [0.15, 0.2) is 66.2 Å². The summed E-state index contributed by atoms with van der Waals surface area (Å²) in [6.45, 7) is 8.09. The summed E-state index contributed by atoms with van der Waals surface area (Å²) in [5.74, 6) is -0.604. The molecule has 1 aliphatic heterocycles. The second-order valence-electron chi connectivity index (χ2n) is 8.67. The van der Waals surface area contributed by atoms with Gasteiger partial charge in [0.25, 0.3) is 11.7 Å². The zero-order valence-corrected chi connectivity index (χ0v) is 20.6. The van der Waals surface area contributed by atoms with Gasteiger partial charge in [0, 0.05) is 11.3 Å². The van der Waals surface area contributed by atoms with E-state index in [2.05, 4.69) is 0 Å². The standard InChI is InChI=1S/C29H29NO5/c1-6-35-24-16-21(12-14-23(24)34-5)26-25(27(31)20-10-7-17(2)8-11-20)28(32)29(33)30(26)22-13-9-18(3)15-19(22)4/h7-16,26,31H,6H2,1-5H3/b27-25+. The summed E-state index contributed by atoms with van der Waals surface area (Å²) in [7, 11) is 1.55. The number of Topliss-reactive ketones (excluding diaryl/α,β-unsaturated/α-hetero) is 1. The minimum atomic E-state index is -0.845. The van der Waals surface area contributed by atoms with Crippen LogP contribution in [0.5, 0.6) is 11.5 Å². The Bertz CT molecular complexity index is 1320. The van der Waals surface area contributed by atoms with E-state index in [1.807, 2.05) is 58.0 Å². The van der Waals surface area contributed by atoms with Gasteiger partial charge in [-0.25, -0.2) is 0 Å². The minimum Gasteiger partial charge on any atom is -0.507 e. The molecule has 0 saturated carbocycles. The molecule has 0 bridgehead atoms. The second-order valence-corrected chi connectivity index (χ2v) is 8.67. The maximum Gasteiger partial charge on any atom is 0.300 e. The van der Waals surface area contributed by atoms with Gasteiger partial charge in [-0.1, -0.05) is 53.6 Å². The van der Waals surface area contributed by atoms with Crippen molar-refractivity contribution in [1.82, 2.24) is 0 Å². The van der Waals surface area contributed by atoms with Crippen molar-refractivity contribution < 1.29 is 24.2 Å². The highest BCUT2D eigenvalue weighted by molar-refractivity contribution is 6.51. The summed E-state index contributed by atoms with van der Waals surface area (Å²) in [6.07, 6.45) is 0.